The minimum atomic E-state index is -1.87. The number of unbranched alkanes of at least 4 members (excludes halogenated alkanes) is 1. The Morgan fingerprint density at radius 1 is 0.978 bits per heavy atom. The van der Waals surface area contributed by atoms with E-state index in [1.165, 1.54) is 0 Å². The standard InChI is InChI=1S/C32H38N6O7/c1-2-3-10-22-33-32(15-6-7-16-32)31(45)37(22)17-18-11-13-19(14-12-18)20-8-4-5-9-21(20)29-34-36-38(35-29)24-25(39)23(30(43)44)26(40)28(42)27(24)41/h4-5,8-9,11-14,23-29,39-42H,2-3,6-7,10,15-17H2,1H3/p+1/t23-,24?,25?,26+,27-,28-,29?/m0/s1. The van der Waals surface area contributed by atoms with Crippen molar-refractivity contribution >= 4 is 17.7 Å². The summed E-state index contributed by atoms with van der Waals surface area (Å²) in [5.41, 5.74) is 2.77. The molecular weight excluding hydrogens is 580 g/mol. The maximum atomic E-state index is 13.5. The molecule has 45 heavy (non-hydrogen) atoms. The molecule has 2 aromatic carbocycles. The van der Waals surface area contributed by atoms with Crippen molar-refractivity contribution in [1.82, 2.24) is 4.90 Å². The summed E-state index contributed by atoms with van der Waals surface area (Å²) in [4.78, 5) is 33.0. The zero-order valence-corrected chi connectivity index (χ0v) is 25.1. The van der Waals surface area contributed by atoms with Crippen molar-refractivity contribution in [3.05, 3.63) is 59.7 Å². The number of hydrogen-bond donors (Lipinski definition) is 5. The fourth-order valence-electron chi connectivity index (χ4n) is 6.97. The number of benzene rings is 2. The molecule has 2 heterocycles. The Balaban J connectivity index is 1.22. The molecule has 13 heteroatoms. The zero-order chi connectivity index (χ0) is 31.9. The quantitative estimate of drug-likeness (QED) is 0.267. The first-order valence-corrected chi connectivity index (χ1v) is 15.6. The number of amides is 1. The Morgan fingerprint density at radius 2 is 1.69 bits per heavy atom. The summed E-state index contributed by atoms with van der Waals surface area (Å²) in [6.07, 6.45) is -1.59. The van der Waals surface area contributed by atoms with Crippen LogP contribution in [0.1, 0.15) is 69.2 Å². The van der Waals surface area contributed by atoms with Gasteiger partial charge in [-0.05, 0) is 45.9 Å². The van der Waals surface area contributed by atoms with Crippen LogP contribution in [0.3, 0.4) is 0 Å². The highest BCUT2D eigenvalue weighted by molar-refractivity contribution is 6.08. The molecule has 2 aliphatic heterocycles. The van der Waals surface area contributed by atoms with Gasteiger partial charge < -0.3 is 25.5 Å². The highest BCUT2D eigenvalue weighted by Gasteiger charge is 2.57. The predicted molar refractivity (Wildman–Crippen MR) is 160 cm³/mol. The van der Waals surface area contributed by atoms with Gasteiger partial charge in [0.2, 0.25) is 6.04 Å². The number of amidine groups is 1. The summed E-state index contributed by atoms with van der Waals surface area (Å²) in [5.74, 6) is -2.27. The number of rotatable bonds is 9. The minimum Gasteiger partial charge on any atom is -0.481 e. The van der Waals surface area contributed by atoms with Crippen LogP contribution in [0, 0.1) is 5.92 Å². The van der Waals surface area contributed by atoms with E-state index in [4.69, 9.17) is 4.99 Å². The van der Waals surface area contributed by atoms with Gasteiger partial charge in [0.05, 0.1) is 17.8 Å². The number of aliphatic hydroxyl groups excluding tert-OH is 4. The number of carbonyl (C=O) groups excluding carboxylic acids is 1. The average Bonchev–Trinajstić information content (AvgIpc) is 3.77. The lowest BCUT2D eigenvalue weighted by Crippen LogP contribution is -2.65. The van der Waals surface area contributed by atoms with Gasteiger partial charge in [-0.15, -0.1) is 0 Å². The summed E-state index contributed by atoms with van der Waals surface area (Å²) in [6.45, 7) is 2.59. The number of carboxylic acid groups (broad SMARTS) is 1. The number of azo groups is 1. The summed E-state index contributed by atoms with van der Waals surface area (Å²) >= 11 is 0. The maximum Gasteiger partial charge on any atom is 0.321 e. The van der Waals surface area contributed by atoms with E-state index >= 15 is 0 Å². The topological polar surface area (TPSA) is 191 Å². The van der Waals surface area contributed by atoms with E-state index in [9.17, 15) is 35.1 Å². The number of hydrogen-bond acceptors (Lipinski definition) is 10. The molecule has 2 aromatic rings. The van der Waals surface area contributed by atoms with E-state index in [1.54, 1.807) is 0 Å². The molecule has 0 bridgehead atoms. The lowest BCUT2D eigenvalue weighted by atomic mass is 9.77. The van der Waals surface area contributed by atoms with E-state index in [0.29, 0.717) is 12.1 Å². The normalized spacial score (nSPS) is 30.6. The molecular formula is C32H39N6O7+. The van der Waals surface area contributed by atoms with E-state index in [1.807, 2.05) is 53.4 Å². The summed E-state index contributed by atoms with van der Waals surface area (Å²) in [6, 6.07) is 13.9. The molecule has 1 amide bonds. The third-order valence-electron chi connectivity index (χ3n) is 9.49. The van der Waals surface area contributed by atoms with Crippen molar-refractivity contribution < 1.29 is 39.9 Å². The molecule has 1 spiro atoms. The Labute approximate surface area is 260 Å². The van der Waals surface area contributed by atoms with E-state index in [0.717, 1.165) is 72.3 Å². The van der Waals surface area contributed by atoms with Gasteiger partial charge in [0.25, 0.3) is 5.91 Å². The molecule has 13 nitrogen and oxygen atoms in total. The van der Waals surface area contributed by atoms with Gasteiger partial charge in [0, 0.05) is 12.0 Å². The Bertz CT molecular complexity index is 1540. The van der Waals surface area contributed by atoms with Crippen LogP contribution in [-0.4, -0.2) is 88.9 Å². The molecule has 5 N–H and O–H groups in total. The third kappa shape index (κ3) is 5.58. The van der Waals surface area contributed by atoms with Gasteiger partial charge in [-0.2, -0.15) is 0 Å². The van der Waals surface area contributed by atoms with Crippen LogP contribution in [0.2, 0.25) is 0 Å². The van der Waals surface area contributed by atoms with Crippen molar-refractivity contribution in [2.45, 2.75) is 101 Å². The average molecular weight is 620 g/mol. The van der Waals surface area contributed by atoms with Crippen molar-refractivity contribution in [2.24, 2.45) is 26.4 Å². The summed E-state index contributed by atoms with van der Waals surface area (Å²) < 4.78 is 0. The van der Waals surface area contributed by atoms with Crippen LogP contribution < -0.4 is 0 Å². The second-order valence-electron chi connectivity index (χ2n) is 12.4. The Hall–Kier alpha value is -3.91. The van der Waals surface area contributed by atoms with Crippen LogP contribution in [0.15, 0.2) is 69.0 Å². The maximum absolute atomic E-state index is 13.5. The van der Waals surface area contributed by atoms with Crippen molar-refractivity contribution in [3.8, 4) is 11.1 Å². The summed E-state index contributed by atoms with van der Waals surface area (Å²) in [7, 11) is 0. The molecule has 238 valence electrons. The van der Waals surface area contributed by atoms with Crippen molar-refractivity contribution in [3.63, 3.8) is 0 Å². The number of carboxylic acids is 1. The lowest BCUT2D eigenvalue weighted by molar-refractivity contribution is -0.655. The molecule has 0 aromatic heterocycles. The molecule has 6 rings (SSSR count). The van der Waals surface area contributed by atoms with Crippen LogP contribution >= 0.6 is 0 Å². The molecule has 0 saturated heterocycles. The number of carbonyl (C=O) groups is 2. The zero-order valence-electron chi connectivity index (χ0n) is 25.1. The van der Waals surface area contributed by atoms with Crippen LogP contribution in [0.4, 0.5) is 0 Å². The first kappa shape index (κ1) is 31.1. The van der Waals surface area contributed by atoms with E-state index in [2.05, 4.69) is 22.4 Å². The molecule has 4 aliphatic rings. The smallest absolute Gasteiger partial charge is 0.321 e. The molecule has 7 atom stereocenters. The molecule has 0 radical (unpaired) electrons. The van der Waals surface area contributed by atoms with Crippen molar-refractivity contribution in [2.75, 3.05) is 0 Å². The number of aliphatic carboxylic acids is 1. The number of aliphatic imine (C=N–C) groups is 1. The highest BCUT2D eigenvalue weighted by Crippen LogP contribution is 2.41. The first-order valence-electron chi connectivity index (χ1n) is 15.6. The van der Waals surface area contributed by atoms with E-state index in [-0.39, 0.29) is 5.91 Å². The SMILES string of the molecule is CCCCC1=NC2(CCCC2)C(=O)N1Cc1ccc(-c2ccccc2C2N=N[N+](C3C(O)[C@H](C(=O)O)[C@@H](O)[C@H](O)[C@H]3O)=N2)cc1. The second-order valence-corrected chi connectivity index (χ2v) is 12.4. The lowest BCUT2D eigenvalue weighted by Gasteiger charge is -2.39. The molecule has 3 unspecified atom stereocenters. The van der Waals surface area contributed by atoms with Gasteiger partial charge in [0.15, 0.2) is 5.22 Å². The fourth-order valence-corrected chi connectivity index (χ4v) is 6.97. The van der Waals surface area contributed by atoms with Gasteiger partial charge in [0.1, 0.15) is 35.6 Å². The summed E-state index contributed by atoms with van der Waals surface area (Å²) in [5, 5.41) is 63.8. The van der Waals surface area contributed by atoms with Crippen LogP contribution in [0.25, 0.3) is 11.1 Å². The second kappa shape index (κ2) is 12.5. The highest BCUT2D eigenvalue weighted by atomic mass is 16.4. The predicted octanol–water partition coefficient (Wildman–Crippen LogP) is 2.97. The minimum absolute atomic E-state index is 0.114. The third-order valence-corrected chi connectivity index (χ3v) is 9.49. The Morgan fingerprint density at radius 3 is 2.38 bits per heavy atom. The number of aliphatic hydroxyl groups is 4. The van der Waals surface area contributed by atoms with Gasteiger partial charge >= 0.3 is 12.1 Å². The molecule has 2 fully saturated rings. The largest absolute Gasteiger partial charge is 0.481 e. The Kier molecular flexibility index (Phi) is 8.61. The van der Waals surface area contributed by atoms with Crippen LogP contribution in [-0.2, 0) is 16.1 Å². The molecule has 2 saturated carbocycles. The monoisotopic (exact) mass is 619 g/mol. The molecule has 2 aliphatic carbocycles. The van der Waals surface area contributed by atoms with Gasteiger partial charge in [-0.3, -0.25) is 19.5 Å². The van der Waals surface area contributed by atoms with Crippen molar-refractivity contribution in [1.29, 1.82) is 0 Å². The van der Waals surface area contributed by atoms with Gasteiger partial charge in [-0.25, -0.2) is 0 Å². The van der Waals surface area contributed by atoms with Gasteiger partial charge in [-0.1, -0.05) is 74.7 Å². The fraction of sp³-hybridized carbons (Fsp3) is 0.531. The van der Waals surface area contributed by atoms with E-state index < -0.39 is 54.0 Å². The number of nitrogens with zero attached hydrogens (tertiary/aromatic N) is 6. The first-order chi connectivity index (χ1) is 21.6. The van der Waals surface area contributed by atoms with Crippen LogP contribution in [0.5, 0.6) is 0 Å².